The highest BCUT2D eigenvalue weighted by atomic mass is 16.6. The van der Waals surface area contributed by atoms with Crippen molar-refractivity contribution in [3.63, 3.8) is 0 Å². The molecule has 6 heteroatoms. The van der Waals surface area contributed by atoms with Crippen LogP contribution in [0.3, 0.4) is 0 Å². The summed E-state index contributed by atoms with van der Waals surface area (Å²) in [6, 6.07) is 20.2. The predicted octanol–water partition coefficient (Wildman–Crippen LogP) is 4.05. The summed E-state index contributed by atoms with van der Waals surface area (Å²) in [6.07, 6.45) is 0. The summed E-state index contributed by atoms with van der Waals surface area (Å²) in [5, 5.41) is 10.6. The summed E-state index contributed by atoms with van der Waals surface area (Å²) in [4.78, 5) is 34.5. The third-order valence-electron chi connectivity index (χ3n) is 3.68. The number of nitro groups is 1. The number of esters is 1. The number of rotatable bonds is 5. The van der Waals surface area contributed by atoms with E-state index in [1.807, 2.05) is 6.07 Å². The fourth-order valence-corrected chi connectivity index (χ4v) is 2.32. The molecule has 0 fully saturated rings. The molecule has 0 aliphatic rings. The number of carbonyl (C=O) groups is 2. The summed E-state index contributed by atoms with van der Waals surface area (Å²) in [7, 11) is 0. The lowest BCUT2D eigenvalue weighted by atomic mass is 10.0. The topological polar surface area (TPSA) is 86.5 Å². The van der Waals surface area contributed by atoms with Gasteiger partial charge in [-0.05, 0) is 36.4 Å². The SMILES string of the molecule is O=C(Oc1ccc(C(=O)c2ccccc2)cc1)c1ccc([N+](=O)[O-])cc1. The maximum Gasteiger partial charge on any atom is 0.343 e. The summed E-state index contributed by atoms with van der Waals surface area (Å²) >= 11 is 0. The van der Waals surface area contributed by atoms with Gasteiger partial charge in [0.05, 0.1) is 10.5 Å². The molecule has 3 aromatic carbocycles. The maximum atomic E-state index is 12.3. The van der Waals surface area contributed by atoms with E-state index < -0.39 is 10.9 Å². The van der Waals surface area contributed by atoms with Crippen LogP contribution in [0.15, 0.2) is 78.9 Å². The molecule has 0 radical (unpaired) electrons. The quantitative estimate of drug-likeness (QED) is 0.228. The largest absolute Gasteiger partial charge is 0.423 e. The molecule has 0 spiro atoms. The molecule has 26 heavy (non-hydrogen) atoms. The van der Waals surface area contributed by atoms with E-state index in [9.17, 15) is 19.7 Å². The first-order chi connectivity index (χ1) is 12.5. The van der Waals surface area contributed by atoms with E-state index in [1.54, 1.807) is 36.4 Å². The van der Waals surface area contributed by atoms with E-state index in [-0.39, 0.29) is 22.8 Å². The van der Waals surface area contributed by atoms with Gasteiger partial charge in [-0.1, -0.05) is 30.3 Å². The molecule has 128 valence electrons. The number of hydrogen-bond acceptors (Lipinski definition) is 5. The number of non-ortho nitro benzene ring substituents is 1. The molecule has 0 atom stereocenters. The molecule has 6 nitrogen and oxygen atoms in total. The molecule has 0 unspecified atom stereocenters. The zero-order valence-electron chi connectivity index (χ0n) is 13.5. The summed E-state index contributed by atoms with van der Waals surface area (Å²) < 4.78 is 5.22. The highest BCUT2D eigenvalue weighted by Crippen LogP contribution is 2.18. The fourth-order valence-electron chi connectivity index (χ4n) is 2.32. The van der Waals surface area contributed by atoms with Crippen LogP contribution in [0.5, 0.6) is 5.75 Å². The lowest BCUT2D eigenvalue weighted by Gasteiger charge is -2.06. The smallest absolute Gasteiger partial charge is 0.343 e. The Kier molecular flexibility index (Phi) is 4.85. The number of benzene rings is 3. The van der Waals surface area contributed by atoms with Crippen LogP contribution in [0.2, 0.25) is 0 Å². The van der Waals surface area contributed by atoms with Crippen LogP contribution in [-0.4, -0.2) is 16.7 Å². The van der Waals surface area contributed by atoms with Crippen molar-refractivity contribution >= 4 is 17.4 Å². The Morgan fingerprint density at radius 3 is 1.85 bits per heavy atom. The summed E-state index contributed by atoms with van der Waals surface area (Å²) in [5.41, 5.74) is 1.14. The lowest BCUT2D eigenvalue weighted by molar-refractivity contribution is -0.384. The van der Waals surface area contributed by atoms with Crippen molar-refractivity contribution in [3.05, 3.63) is 106 Å². The molecule has 0 aliphatic heterocycles. The number of carbonyl (C=O) groups excluding carboxylic acids is 2. The Morgan fingerprint density at radius 1 is 0.731 bits per heavy atom. The Balaban J connectivity index is 1.70. The molecule has 3 aromatic rings. The van der Waals surface area contributed by atoms with Gasteiger partial charge in [0.2, 0.25) is 0 Å². The molecule has 3 rings (SSSR count). The highest BCUT2D eigenvalue weighted by molar-refractivity contribution is 6.09. The van der Waals surface area contributed by atoms with Crippen molar-refractivity contribution in [1.82, 2.24) is 0 Å². The van der Waals surface area contributed by atoms with Crippen LogP contribution in [0.4, 0.5) is 5.69 Å². The normalized spacial score (nSPS) is 10.2. The van der Waals surface area contributed by atoms with E-state index in [1.165, 1.54) is 36.4 Å². The molecular formula is C20H13NO5. The van der Waals surface area contributed by atoms with Crippen LogP contribution in [0.1, 0.15) is 26.3 Å². The molecule has 0 bridgehead atoms. The van der Waals surface area contributed by atoms with Crippen molar-refractivity contribution in [2.75, 3.05) is 0 Å². The molecule has 0 amide bonds. The molecular weight excluding hydrogens is 334 g/mol. The predicted molar refractivity (Wildman–Crippen MR) is 94.4 cm³/mol. The second-order valence-corrected chi connectivity index (χ2v) is 5.41. The molecule has 0 saturated carbocycles. The van der Waals surface area contributed by atoms with Gasteiger partial charge in [0.1, 0.15) is 5.75 Å². The fraction of sp³-hybridized carbons (Fsp3) is 0. The van der Waals surface area contributed by atoms with Gasteiger partial charge in [-0.2, -0.15) is 0 Å². The molecule has 0 N–H and O–H groups in total. The number of ketones is 1. The molecule has 0 aliphatic carbocycles. The Hall–Kier alpha value is -3.80. The first-order valence-corrected chi connectivity index (χ1v) is 7.71. The Bertz CT molecular complexity index is 948. The second-order valence-electron chi connectivity index (χ2n) is 5.41. The van der Waals surface area contributed by atoms with Crippen LogP contribution in [-0.2, 0) is 0 Å². The van der Waals surface area contributed by atoms with Gasteiger partial charge in [-0.25, -0.2) is 4.79 Å². The van der Waals surface area contributed by atoms with Gasteiger partial charge in [0, 0.05) is 23.3 Å². The summed E-state index contributed by atoms with van der Waals surface area (Å²) in [6.45, 7) is 0. The first-order valence-electron chi connectivity index (χ1n) is 7.71. The summed E-state index contributed by atoms with van der Waals surface area (Å²) in [5.74, 6) is -0.487. The minimum absolute atomic E-state index is 0.106. The molecule has 0 aromatic heterocycles. The van der Waals surface area contributed by atoms with Crippen LogP contribution >= 0.6 is 0 Å². The Labute approximate surface area is 148 Å². The third kappa shape index (κ3) is 3.81. The van der Waals surface area contributed by atoms with Crippen molar-refractivity contribution in [3.8, 4) is 5.75 Å². The van der Waals surface area contributed by atoms with Gasteiger partial charge in [0.15, 0.2) is 5.78 Å². The zero-order chi connectivity index (χ0) is 18.5. The molecule has 0 saturated heterocycles. The van der Waals surface area contributed by atoms with E-state index in [2.05, 4.69) is 0 Å². The van der Waals surface area contributed by atoms with Gasteiger partial charge in [-0.15, -0.1) is 0 Å². The first kappa shape index (κ1) is 17.0. The minimum Gasteiger partial charge on any atom is -0.423 e. The van der Waals surface area contributed by atoms with Crippen molar-refractivity contribution < 1.29 is 19.2 Å². The lowest BCUT2D eigenvalue weighted by Crippen LogP contribution is -2.08. The van der Waals surface area contributed by atoms with Crippen LogP contribution in [0, 0.1) is 10.1 Å². The van der Waals surface area contributed by atoms with Gasteiger partial charge in [0.25, 0.3) is 5.69 Å². The average molecular weight is 347 g/mol. The van der Waals surface area contributed by atoms with E-state index in [4.69, 9.17) is 4.74 Å². The zero-order valence-corrected chi connectivity index (χ0v) is 13.5. The number of nitrogens with zero attached hydrogens (tertiary/aromatic N) is 1. The van der Waals surface area contributed by atoms with Crippen molar-refractivity contribution in [2.45, 2.75) is 0 Å². The van der Waals surface area contributed by atoms with Crippen LogP contribution < -0.4 is 4.74 Å². The number of ether oxygens (including phenoxy) is 1. The second kappa shape index (κ2) is 7.40. The van der Waals surface area contributed by atoms with Crippen molar-refractivity contribution in [1.29, 1.82) is 0 Å². The van der Waals surface area contributed by atoms with Gasteiger partial charge < -0.3 is 4.74 Å². The van der Waals surface area contributed by atoms with Gasteiger partial charge in [-0.3, -0.25) is 14.9 Å². The molecule has 0 heterocycles. The van der Waals surface area contributed by atoms with E-state index in [0.29, 0.717) is 11.1 Å². The highest BCUT2D eigenvalue weighted by Gasteiger charge is 2.13. The third-order valence-corrected chi connectivity index (χ3v) is 3.68. The maximum absolute atomic E-state index is 12.3. The standard InChI is InChI=1S/C20H13NO5/c22-19(14-4-2-1-3-5-14)15-8-12-18(13-9-15)26-20(23)16-6-10-17(11-7-16)21(24)25/h1-13H. The monoisotopic (exact) mass is 347 g/mol. The Morgan fingerprint density at radius 2 is 1.27 bits per heavy atom. The van der Waals surface area contributed by atoms with Crippen LogP contribution in [0.25, 0.3) is 0 Å². The number of hydrogen-bond donors (Lipinski definition) is 0. The number of nitro benzene ring substituents is 1. The van der Waals surface area contributed by atoms with Gasteiger partial charge >= 0.3 is 5.97 Å². The van der Waals surface area contributed by atoms with E-state index >= 15 is 0 Å². The van der Waals surface area contributed by atoms with Crippen molar-refractivity contribution in [2.24, 2.45) is 0 Å². The average Bonchev–Trinajstić information content (AvgIpc) is 2.68. The van der Waals surface area contributed by atoms with E-state index in [0.717, 1.165) is 0 Å². The minimum atomic E-state index is -0.637.